The molecule has 0 fully saturated rings. The molecule has 2 rings (SSSR count). The van der Waals surface area contributed by atoms with Gasteiger partial charge in [-0.1, -0.05) is 9.64 Å². The molecule has 0 radical (unpaired) electrons. The van der Waals surface area contributed by atoms with Crippen LogP contribution in [-0.4, -0.2) is 25.8 Å². The molecule has 8 heteroatoms. The van der Waals surface area contributed by atoms with Crippen molar-refractivity contribution in [3.8, 4) is 10.6 Å². The Morgan fingerprint density at radius 2 is 2.06 bits per heavy atom. The van der Waals surface area contributed by atoms with Gasteiger partial charge in [0.15, 0.2) is 5.76 Å². The second-order valence-corrected chi connectivity index (χ2v) is 3.72. The fraction of sp³-hybridized carbons (Fsp3) is 0.250. The van der Waals surface area contributed by atoms with Crippen LogP contribution in [0.15, 0.2) is 4.52 Å². The van der Waals surface area contributed by atoms with Crippen LogP contribution < -0.4 is 0 Å². The van der Waals surface area contributed by atoms with Crippen molar-refractivity contribution in [1.82, 2.24) is 14.7 Å². The zero-order valence-electron chi connectivity index (χ0n) is 8.42. The van der Waals surface area contributed by atoms with E-state index in [1.54, 1.807) is 13.8 Å². The van der Waals surface area contributed by atoms with E-state index in [-0.39, 0.29) is 23.7 Å². The SMILES string of the molecule is Cc1nnsc1-c1onc(C)c1C(=O)O.Cl. The summed E-state index contributed by atoms with van der Waals surface area (Å²) in [6.07, 6.45) is 0. The van der Waals surface area contributed by atoms with E-state index in [2.05, 4.69) is 14.7 Å². The number of hydrogen-bond donors (Lipinski definition) is 1. The summed E-state index contributed by atoms with van der Waals surface area (Å²) in [5, 5.41) is 16.4. The van der Waals surface area contributed by atoms with Gasteiger partial charge in [-0.3, -0.25) is 0 Å². The van der Waals surface area contributed by atoms with Crippen LogP contribution in [-0.2, 0) is 0 Å². The smallest absolute Gasteiger partial charge is 0.341 e. The quantitative estimate of drug-likeness (QED) is 0.888. The molecule has 16 heavy (non-hydrogen) atoms. The number of hydrogen-bond acceptors (Lipinski definition) is 6. The summed E-state index contributed by atoms with van der Waals surface area (Å²) < 4.78 is 8.70. The van der Waals surface area contributed by atoms with Gasteiger partial charge in [-0.2, -0.15) is 0 Å². The van der Waals surface area contributed by atoms with Crippen molar-refractivity contribution in [2.75, 3.05) is 0 Å². The summed E-state index contributed by atoms with van der Waals surface area (Å²) >= 11 is 1.09. The topological polar surface area (TPSA) is 89.1 Å². The number of nitrogens with zero attached hydrogens (tertiary/aromatic N) is 3. The van der Waals surface area contributed by atoms with Crippen LogP contribution >= 0.6 is 23.9 Å². The van der Waals surface area contributed by atoms with Gasteiger partial charge in [0.1, 0.15) is 10.4 Å². The fourth-order valence-corrected chi connectivity index (χ4v) is 1.86. The molecule has 0 saturated carbocycles. The second-order valence-electron chi connectivity index (χ2n) is 2.96. The predicted molar refractivity (Wildman–Crippen MR) is 59.1 cm³/mol. The van der Waals surface area contributed by atoms with Crippen molar-refractivity contribution in [2.45, 2.75) is 13.8 Å². The highest BCUT2D eigenvalue weighted by atomic mass is 35.5. The fourth-order valence-electron chi connectivity index (χ4n) is 1.22. The van der Waals surface area contributed by atoms with Gasteiger partial charge in [0.25, 0.3) is 0 Å². The molecule has 0 aliphatic heterocycles. The lowest BCUT2D eigenvalue weighted by Crippen LogP contribution is -1.98. The van der Waals surface area contributed by atoms with Crippen LogP contribution in [0.3, 0.4) is 0 Å². The van der Waals surface area contributed by atoms with E-state index in [1.807, 2.05) is 0 Å². The van der Waals surface area contributed by atoms with Crippen molar-refractivity contribution in [2.24, 2.45) is 0 Å². The minimum Gasteiger partial charge on any atom is -0.477 e. The predicted octanol–water partition coefficient (Wildman–Crippen LogP) is 1.93. The Morgan fingerprint density at radius 3 is 2.56 bits per heavy atom. The minimum atomic E-state index is -1.06. The van der Waals surface area contributed by atoms with E-state index in [9.17, 15) is 4.79 Å². The first-order valence-corrected chi connectivity index (χ1v) is 4.87. The van der Waals surface area contributed by atoms with Gasteiger partial charge < -0.3 is 9.63 Å². The lowest BCUT2D eigenvalue weighted by molar-refractivity contribution is 0.0696. The lowest BCUT2D eigenvalue weighted by Gasteiger charge is -1.93. The van der Waals surface area contributed by atoms with E-state index < -0.39 is 5.97 Å². The van der Waals surface area contributed by atoms with Gasteiger partial charge in [0.05, 0.1) is 11.4 Å². The lowest BCUT2D eigenvalue weighted by atomic mass is 10.1. The van der Waals surface area contributed by atoms with E-state index in [4.69, 9.17) is 9.63 Å². The molecular weight excluding hydrogens is 254 g/mol. The highest BCUT2D eigenvalue weighted by Crippen LogP contribution is 2.30. The molecule has 0 bridgehead atoms. The normalized spacial score (nSPS) is 9.88. The van der Waals surface area contributed by atoms with Crippen LogP contribution in [0, 0.1) is 13.8 Å². The maximum absolute atomic E-state index is 11.0. The van der Waals surface area contributed by atoms with Crippen molar-refractivity contribution in [3.63, 3.8) is 0 Å². The third kappa shape index (κ3) is 1.91. The minimum absolute atomic E-state index is 0. The van der Waals surface area contributed by atoms with Crippen molar-refractivity contribution < 1.29 is 14.4 Å². The molecule has 0 atom stereocenters. The zero-order chi connectivity index (χ0) is 11.0. The molecule has 0 aliphatic rings. The standard InChI is InChI=1S/C8H7N3O3S.ClH/c1-3-5(8(12)13)6(14-10-3)7-4(2)9-11-15-7;/h1-2H3,(H,12,13);1H. The van der Waals surface area contributed by atoms with E-state index >= 15 is 0 Å². The average molecular weight is 262 g/mol. The Balaban J connectivity index is 0.00000128. The number of carbonyl (C=O) groups is 1. The highest BCUT2D eigenvalue weighted by Gasteiger charge is 2.24. The number of halogens is 1. The first-order valence-electron chi connectivity index (χ1n) is 4.10. The van der Waals surface area contributed by atoms with Crippen LogP contribution in [0.1, 0.15) is 21.7 Å². The molecule has 0 aromatic carbocycles. The Labute approximate surface area is 101 Å². The van der Waals surface area contributed by atoms with Gasteiger partial charge in [-0.25, -0.2) is 4.79 Å². The molecular formula is C8H8ClN3O3S. The monoisotopic (exact) mass is 261 g/mol. The number of aromatic nitrogens is 3. The first-order chi connectivity index (χ1) is 7.11. The van der Waals surface area contributed by atoms with Crippen molar-refractivity contribution >= 4 is 29.9 Å². The number of aromatic carboxylic acids is 1. The summed E-state index contributed by atoms with van der Waals surface area (Å²) in [4.78, 5) is 11.6. The molecule has 2 aromatic rings. The molecule has 0 unspecified atom stereocenters. The molecule has 6 nitrogen and oxygen atoms in total. The third-order valence-corrected chi connectivity index (χ3v) is 2.76. The number of carboxylic acids is 1. The molecule has 0 saturated heterocycles. The summed E-state index contributed by atoms with van der Waals surface area (Å²) in [7, 11) is 0. The van der Waals surface area contributed by atoms with Gasteiger partial charge in [-0.05, 0) is 25.4 Å². The molecule has 86 valence electrons. The van der Waals surface area contributed by atoms with Gasteiger partial charge in [-0.15, -0.1) is 17.5 Å². The van der Waals surface area contributed by atoms with Gasteiger partial charge >= 0.3 is 5.97 Å². The number of aryl methyl sites for hydroxylation is 2. The molecule has 1 N–H and O–H groups in total. The van der Waals surface area contributed by atoms with Crippen LogP contribution in [0.5, 0.6) is 0 Å². The largest absolute Gasteiger partial charge is 0.477 e. The molecule has 0 spiro atoms. The van der Waals surface area contributed by atoms with E-state index in [0.29, 0.717) is 16.3 Å². The number of rotatable bonds is 2. The molecule has 2 aromatic heterocycles. The molecule has 0 aliphatic carbocycles. The van der Waals surface area contributed by atoms with Crippen LogP contribution in [0.25, 0.3) is 10.6 Å². The van der Waals surface area contributed by atoms with Crippen molar-refractivity contribution in [3.05, 3.63) is 17.0 Å². The Morgan fingerprint density at radius 1 is 1.38 bits per heavy atom. The van der Waals surface area contributed by atoms with E-state index in [1.165, 1.54) is 0 Å². The number of carboxylic acid groups (broad SMARTS) is 1. The maximum atomic E-state index is 11.0. The Kier molecular flexibility index (Phi) is 3.61. The summed E-state index contributed by atoms with van der Waals surface area (Å²) in [6, 6.07) is 0. The second kappa shape index (κ2) is 4.58. The summed E-state index contributed by atoms with van der Waals surface area (Å²) in [5.74, 6) is -0.830. The van der Waals surface area contributed by atoms with Gasteiger partial charge in [0.2, 0.25) is 0 Å². The van der Waals surface area contributed by atoms with Crippen LogP contribution in [0.4, 0.5) is 0 Å². The first kappa shape index (κ1) is 12.6. The van der Waals surface area contributed by atoms with Crippen molar-refractivity contribution in [1.29, 1.82) is 0 Å². The zero-order valence-corrected chi connectivity index (χ0v) is 10.1. The maximum Gasteiger partial charge on any atom is 0.341 e. The molecule has 2 heterocycles. The Hall–Kier alpha value is -1.47. The van der Waals surface area contributed by atoms with E-state index in [0.717, 1.165) is 11.5 Å². The summed E-state index contributed by atoms with van der Waals surface area (Å²) in [6.45, 7) is 3.32. The molecule has 0 amide bonds. The summed E-state index contributed by atoms with van der Waals surface area (Å²) in [5.41, 5.74) is 1.06. The highest BCUT2D eigenvalue weighted by molar-refractivity contribution is 7.09. The average Bonchev–Trinajstić information content (AvgIpc) is 2.71. The van der Waals surface area contributed by atoms with Gasteiger partial charge in [0, 0.05) is 0 Å². The van der Waals surface area contributed by atoms with Crippen LogP contribution in [0.2, 0.25) is 0 Å². The third-order valence-electron chi connectivity index (χ3n) is 1.93. The Bertz CT molecular complexity index is 522.